The molecule has 1 aromatic carbocycles. The molecule has 0 unspecified atom stereocenters. The van der Waals surface area contributed by atoms with Gasteiger partial charge in [0.2, 0.25) is 5.91 Å². The molecule has 0 saturated heterocycles. The van der Waals surface area contributed by atoms with Gasteiger partial charge >= 0.3 is 0 Å². The van der Waals surface area contributed by atoms with Gasteiger partial charge in [-0.2, -0.15) is 0 Å². The van der Waals surface area contributed by atoms with Gasteiger partial charge in [0.05, 0.1) is 12.1 Å². The second-order valence-corrected chi connectivity index (χ2v) is 5.80. The second-order valence-electron chi connectivity index (χ2n) is 4.10. The van der Waals surface area contributed by atoms with E-state index >= 15 is 0 Å². The van der Waals surface area contributed by atoms with Crippen LogP contribution in [0, 0.1) is 6.92 Å². The summed E-state index contributed by atoms with van der Waals surface area (Å²) in [6.07, 6.45) is 0.246. The van der Waals surface area contributed by atoms with Crippen molar-refractivity contribution in [3.05, 3.63) is 45.9 Å². The number of carbonyl (C=O) groups is 1. The Morgan fingerprint density at radius 3 is 2.70 bits per heavy atom. The molecule has 0 fully saturated rings. The van der Waals surface area contributed by atoms with E-state index in [0.29, 0.717) is 10.2 Å². The second kappa shape index (κ2) is 6.78. The fourth-order valence-corrected chi connectivity index (χ4v) is 2.59. The monoisotopic (exact) mass is 325 g/mol. The van der Waals surface area contributed by atoms with Crippen molar-refractivity contribution in [1.29, 1.82) is 0 Å². The molecule has 0 bridgehead atoms. The van der Waals surface area contributed by atoms with Gasteiger partial charge in [-0.05, 0) is 36.8 Å². The lowest BCUT2D eigenvalue weighted by Gasteiger charge is -2.07. The van der Waals surface area contributed by atoms with Crippen LogP contribution in [0.15, 0.2) is 29.6 Å². The van der Waals surface area contributed by atoms with E-state index in [0.717, 1.165) is 11.3 Å². The van der Waals surface area contributed by atoms with Crippen molar-refractivity contribution in [2.45, 2.75) is 13.3 Å². The summed E-state index contributed by atoms with van der Waals surface area (Å²) in [5, 5.41) is 8.95. The number of aryl methyl sites for hydroxylation is 1. The number of nitrogens with zero attached hydrogens (tertiary/aromatic N) is 1. The van der Waals surface area contributed by atoms with Gasteiger partial charge in [-0.15, -0.1) is 11.3 Å². The summed E-state index contributed by atoms with van der Waals surface area (Å²) in [4.78, 5) is 16.0. The number of thiazole rings is 1. The first-order valence-corrected chi connectivity index (χ1v) is 7.47. The molecular formula is C13H12ClN3OS2. The molecule has 2 rings (SSSR count). The molecule has 0 aliphatic heterocycles. The predicted molar refractivity (Wildman–Crippen MR) is 86.4 cm³/mol. The Balaban J connectivity index is 1.84. The Labute approximate surface area is 131 Å². The number of carbonyl (C=O) groups excluding carboxylic acids is 1. The van der Waals surface area contributed by atoms with Crippen molar-refractivity contribution in [3.8, 4) is 0 Å². The van der Waals surface area contributed by atoms with Gasteiger partial charge in [0.15, 0.2) is 10.2 Å². The van der Waals surface area contributed by atoms with E-state index in [4.69, 9.17) is 23.8 Å². The van der Waals surface area contributed by atoms with E-state index in [1.165, 1.54) is 11.3 Å². The number of amides is 1. The van der Waals surface area contributed by atoms with Gasteiger partial charge in [-0.25, -0.2) is 4.98 Å². The lowest BCUT2D eigenvalue weighted by Crippen LogP contribution is -2.35. The third kappa shape index (κ3) is 4.56. The van der Waals surface area contributed by atoms with E-state index in [-0.39, 0.29) is 17.4 Å². The first-order chi connectivity index (χ1) is 9.52. The average Bonchev–Trinajstić information content (AvgIpc) is 2.77. The van der Waals surface area contributed by atoms with Crippen LogP contribution in [0.2, 0.25) is 5.02 Å². The van der Waals surface area contributed by atoms with Gasteiger partial charge < -0.3 is 10.6 Å². The maximum atomic E-state index is 11.8. The van der Waals surface area contributed by atoms with Gasteiger partial charge in [-0.3, -0.25) is 4.79 Å². The Morgan fingerprint density at radius 2 is 2.10 bits per heavy atom. The molecule has 0 aliphatic rings. The van der Waals surface area contributed by atoms with Crippen molar-refractivity contribution in [1.82, 2.24) is 10.3 Å². The molecule has 0 aliphatic carbocycles. The van der Waals surface area contributed by atoms with E-state index in [1.807, 2.05) is 24.4 Å². The van der Waals surface area contributed by atoms with Crippen molar-refractivity contribution in [3.63, 3.8) is 0 Å². The van der Waals surface area contributed by atoms with E-state index < -0.39 is 0 Å². The van der Waals surface area contributed by atoms with Crippen LogP contribution in [0.3, 0.4) is 0 Å². The molecule has 1 aromatic heterocycles. The smallest absolute Gasteiger partial charge is 0.230 e. The highest BCUT2D eigenvalue weighted by molar-refractivity contribution is 7.80. The third-order valence-corrected chi connectivity index (χ3v) is 3.70. The van der Waals surface area contributed by atoms with Gasteiger partial charge in [0.1, 0.15) is 0 Å². The SMILES string of the molecule is Cc1csc(NC(=S)NC(=O)Cc2ccc(Cl)cc2)n1. The minimum absolute atomic E-state index is 0.182. The van der Waals surface area contributed by atoms with E-state index in [2.05, 4.69) is 15.6 Å². The molecule has 0 atom stereocenters. The van der Waals surface area contributed by atoms with Crippen LogP contribution >= 0.6 is 35.2 Å². The average molecular weight is 326 g/mol. The first-order valence-electron chi connectivity index (χ1n) is 5.80. The largest absolute Gasteiger partial charge is 0.308 e. The quantitative estimate of drug-likeness (QED) is 0.851. The van der Waals surface area contributed by atoms with Crippen LogP contribution in [0.1, 0.15) is 11.3 Å². The number of nitrogens with one attached hydrogen (secondary N) is 2. The molecule has 2 N–H and O–H groups in total. The molecule has 0 radical (unpaired) electrons. The summed E-state index contributed by atoms with van der Waals surface area (Å²) in [5.41, 5.74) is 1.78. The fraction of sp³-hybridized carbons (Fsp3) is 0.154. The lowest BCUT2D eigenvalue weighted by atomic mass is 10.1. The van der Waals surface area contributed by atoms with Crippen LogP contribution < -0.4 is 10.6 Å². The molecule has 104 valence electrons. The molecule has 1 heterocycles. The number of thiocarbonyl (C=S) groups is 1. The van der Waals surface area contributed by atoms with Gasteiger partial charge in [-0.1, -0.05) is 23.7 Å². The summed E-state index contributed by atoms with van der Waals surface area (Å²) >= 11 is 12.3. The highest BCUT2D eigenvalue weighted by Crippen LogP contribution is 2.14. The van der Waals surface area contributed by atoms with Crippen LogP contribution in [0.5, 0.6) is 0 Å². The standard InChI is InChI=1S/C13H12ClN3OS2/c1-8-7-20-13(15-8)17-12(19)16-11(18)6-9-2-4-10(14)5-3-9/h2-5,7H,6H2,1H3,(H2,15,16,17,18,19). The lowest BCUT2D eigenvalue weighted by molar-refractivity contribution is -0.119. The number of hydrogen-bond donors (Lipinski definition) is 2. The molecule has 4 nitrogen and oxygen atoms in total. The number of hydrogen-bond acceptors (Lipinski definition) is 4. The molecule has 0 saturated carbocycles. The van der Waals surface area contributed by atoms with E-state index in [1.54, 1.807) is 12.1 Å². The molecule has 2 aromatic rings. The maximum Gasteiger partial charge on any atom is 0.230 e. The summed E-state index contributed by atoms with van der Waals surface area (Å²) in [5.74, 6) is -0.182. The highest BCUT2D eigenvalue weighted by atomic mass is 35.5. The van der Waals surface area contributed by atoms with Crippen molar-refractivity contribution >= 4 is 51.3 Å². The Bertz CT molecular complexity index is 625. The molecule has 20 heavy (non-hydrogen) atoms. The Hall–Kier alpha value is -1.50. The van der Waals surface area contributed by atoms with Gasteiger partial charge in [0, 0.05) is 10.4 Å². The number of anilines is 1. The van der Waals surface area contributed by atoms with Crippen molar-refractivity contribution in [2.24, 2.45) is 0 Å². The highest BCUT2D eigenvalue weighted by Gasteiger charge is 2.07. The normalized spacial score (nSPS) is 10.1. The Kier molecular flexibility index (Phi) is 5.05. The van der Waals surface area contributed by atoms with Crippen molar-refractivity contribution in [2.75, 3.05) is 5.32 Å². The van der Waals surface area contributed by atoms with Crippen LogP contribution in [-0.2, 0) is 11.2 Å². The molecular weight excluding hydrogens is 314 g/mol. The van der Waals surface area contributed by atoms with Crippen LogP contribution in [0.25, 0.3) is 0 Å². The van der Waals surface area contributed by atoms with E-state index in [9.17, 15) is 4.79 Å². The molecule has 7 heteroatoms. The predicted octanol–water partition coefficient (Wildman–Crippen LogP) is 3.16. The third-order valence-electron chi connectivity index (χ3n) is 2.37. The van der Waals surface area contributed by atoms with Crippen LogP contribution in [0.4, 0.5) is 5.13 Å². The van der Waals surface area contributed by atoms with Crippen LogP contribution in [-0.4, -0.2) is 16.0 Å². The Morgan fingerprint density at radius 1 is 1.40 bits per heavy atom. The summed E-state index contributed by atoms with van der Waals surface area (Å²) in [6.45, 7) is 1.89. The zero-order valence-electron chi connectivity index (χ0n) is 10.6. The number of benzene rings is 1. The molecule has 0 spiro atoms. The zero-order valence-corrected chi connectivity index (χ0v) is 13.0. The fourth-order valence-electron chi connectivity index (χ4n) is 1.50. The molecule has 1 amide bonds. The number of rotatable bonds is 3. The maximum absolute atomic E-state index is 11.8. The number of aromatic nitrogens is 1. The summed E-state index contributed by atoms with van der Waals surface area (Å²) in [6, 6.07) is 7.11. The zero-order chi connectivity index (χ0) is 14.5. The first kappa shape index (κ1) is 14.9. The summed E-state index contributed by atoms with van der Waals surface area (Å²) < 4.78 is 0. The minimum atomic E-state index is -0.182. The van der Waals surface area contributed by atoms with Gasteiger partial charge in [0.25, 0.3) is 0 Å². The number of halogens is 1. The topological polar surface area (TPSA) is 54.0 Å². The minimum Gasteiger partial charge on any atom is -0.308 e. The van der Waals surface area contributed by atoms with Crippen molar-refractivity contribution < 1.29 is 4.79 Å². The summed E-state index contributed by atoms with van der Waals surface area (Å²) in [7, 11) is 0.